The molecular formula is C19H23NO2. The van der Waals surface area contributed by atoms with Crippen LogP contribution in [0.5, 0.6) is 0 Å². The van der Waals surface area contributed by atoms with Crippen molar-refractivity contribution < 1.29 is 9.53 Å². The Kier molecular flexibility index (Phi) is 28.8. The number of carbonyl (C=O) groups is 1. The van der Waals surface area contributed by atoms with E-state index in [1.54, 1.807) is 18.2 Å². The lowest BCUT2D eigenvalue weighted by molar-refractivity contribution is -0.136. The molecule has 1 aromatic carbocycles. The minimum atomic E-state index is -0.412. The quantitative estimate of drug-likeness (QED) is 0.267. The van der Waals surface area contributed by atoms with Gasteiger partial charge in [0.2, 0.25) is 0 Å². The summed E-state index contributed by atoms with van der Waals surface area (Å²) in [7, 11) is 0. The predicted molar refractivity (Wildman–Crippen MR) is 94.0 cm³/mol. The highest BCUT2D eigenvalue weighted by Crippen LogP contribution is 1.80. The molecule has 3 nitrogen and oxygen atoms in total. The summed E-state index contributed by atoms with van der Waals surface area (Å²) < 4.78 is 4.47. The van der Waals surface area contributed by atoms with Crippen molar-refractivity contribution in [1.29, 1.82) is 5.26 Å². The van der Waals surface area contributed by atoms with Crippen LogP contribution in [0.2, 0.25) is 0 Å². The lowest BCUT2D eigenvalue weighted by atomic mass is 10.4. The Morgan fingerprint density at radius 3 is 1.50 bits per heavy atom. The Labute approximate surface area is 133 Å². The van der Waals surface area contributed by atoms with Crippen LogP contribution in [-0.4, -0.2) is 12.6 Å². The van der Waals surface area contributed by atoms with Crippen molar-refractivity contribution >= 4 is 5.97 Å². The number of benzene rings is 1. The van der Waals surface area contributed by atoms with Crippen LogP contribution in [0, 0.1) is 11.3 Å². The number of allylic oxidation sites excluding steroid dienone is 3. The third-order valence-electron chi connectivity index (χ3n) is 1.43. The predicted octanol–water partition coefficient (Wildman–Crippen LogP) is 4.64. The number of ether oxygens (including phenoxy) is 1. The molecule has 22 heavy (non-hydrogen) atoms. The van der Waals surface area contributed by atoms with E-state index in [9.17, 15) is 4.79 Å². The Morgan fingerprint density at radius 1 is 0.955 bits per heavy atom. The van der Waals surface area contributed by atoms with E-state index < -0.39 is 5.97 Å². The van der Waals surface area contributed by atoms with E-state index in [1.165, 1.54) is 12.2 Å². The summed E-state index contributed by atoms with van der Waals surface area (Å²) in [5.74, 6) is -0.412. The van der Waals surface area contributed by atoms with Crippen LogP contribution in [-0.2, 0) is 9.53 Å². The Balaban J connectivity index is -0.000000230. The summed E-state index contributed by atoms with van der Waals surface area (Å²) >= 11 is 0. The van der Waals surface area contributed by atoms with Gasteiger partial charge in [0.05, 0.1) is 6.07 Å². The van der Waals surface area contributed by atoms with Crippen molar-refractivity contribution in [1.82, 2.24) is 0 Å². The first-order valence-electron chi connectivity index (χ1n) is 6.28. The third kappa shape index (κ3) is 36.0. The zero-order valence-electron chi connectivity index (χ0n) is 12.9. The van der Waals surface area contributed by atoms with E-state index in [-0.39, 0.29) is 6.61 Å². The van der Waals surface area contributed by atoms with Crippen molar-refractivity contribution in [2.45, 2.75) is 0 Å². The molecule has 0 aromatic heterocycles. The molecule has 1 rings (SSSR count). The van der Waals surface area contributed by atoms with E-state index in [0.29, 0.717) is 0 Å². The van der Waals surface area contributed by atoms with Crippen LogP contribution in [0.3, 0.4) is 0 Å². The van der Waals surface area contributed by atoms with Crippen LogP contribution in [0.25, 0.3) is 0 Å². The fraction of sp³-hybridized carbons (Fsp3) is 0.0526. The zero-order chi connectivity index (χ0) is 17.5. The highest BCUT2D eigenvalue weighted by atomic mass is 16.5. The minimum Gasteiger partial charge on any atom is -0.458 e. The molecule has 0 aliphatic rings. The molecule has 0 atom stereocenters. The Bertz CT molecular complexity index is 423. The largest absolute Gasteiger partial charge is 0.458 e. The van der Waals surface area contributed by atoms with Gasteiger partial charge >= 0.3 is 5.97 Å². The van der Waals surface area contributed by atoms with Gasteiger partial charge in [-0.1, -0.05) is 87.5 Å². The first-order chi connectivity index (χ1) is 10.6. The summed E-state index contributed by atoms with van der Waals surface area (Å²) in [5, 5.41) is 7.51. The summed E-state index contributed by atoms with van der Waals surface area (Å²) in [5.41, 5.74) is 0. The second-order valence-electron chi connectivity index (χ2n) is 3.08. The van der Waals surface area contributed by atoms with Gasteiger partial charge in [0, 0.05) is 12.2 Å². The highest BCUT2D eigenvalue weighted by molar-refractivity contribution is 5.81. The maximum atomic E-state index is 10.2. The molecule has 0 bridgehead atoms. The van der Waals surface area contributed by atoms with Crippen molar-refractivity contribution in [2.75, 3.05) is 6.61 Å². The molecule has 0 aliphatic heterocycles. The summed E-state index contributed by atoms with van der Waals surface area (Å²) in [6.45, 7) is 16.7. The standard InChI is InChI=1S/C6H8O2.C6H6.C4H6.C3H3N/c1-3-5-8-6(7)4-2;1-2-4-6-5-3-1;1-3-4-2;1-2-3-4/h3-4H,1-2,5H2;1-6H;3-4H,1-2H2;2H,1H2. The molecule has 116 valence electrons. The van der Waals surface area contributed by atoms with Gasteiger partial charge in [-0.15, -0.1) is 0 Å². The first kappa shape index (κ1) is 23.9. The molecule has 0 unspecified atom stereocenters. The topological polar surface area (TPSA) is 50.1 Å². The molecular weight excluding hydrogens is 274 g/mol. The average molecular weight is 297 g/mol. The maximum absolute atomic E-state index is 10.2. The van der Waals surface area contributed by atoms with E-state index in [0.717, 1.165) is 6.08 Å². The number of rotatable bonds is 4. The van der Waals surface area contributed by atoms with Gasteiger partial charge in [0.1, 0.15) is 6.61 Å². The van der Waals surface area contributed by atoms with Crippen LogP contribution < -0.4 is 0 Å². The van der Waals surface area contributed by atoms with E-state index in [2.05, 4.69) is 37.6 Å². The second-order valence-corrected chi connectivity index (χ2v) is 3.08. The first-order valence-corrected chi connectivity index (χ1v) is 6.28. The van der Waals surface area contributed by atoms with Crippen molar-refractivity contribution in [3.8, 4) is 6.07 Å². The molecule has 0 N–H and O–H groups in total. The van der Waals surface area contributed by atoms with Crippen molar-refractivity contribution in [3.05, 3.63) is 99.7 Å². The molecule has 0 saturated carbocycles. The maximum Gasteiger partial charge on any atom is 0.330 e. The van der Waals surface area contributed by atoms with E-state index in [1.807, 2.05) is 36.4 Å². The number of carbonyl (C=O) groups excluding carboxylic acids is 1. The van der Waals surface area contributed by atoms with Gasteiger partial charge in [0.15, 0.2) is 0 Å². The summed E-state index contributed by atoms with van der Waals surface area (Å²) in [6.07, 6.45) is 7.07. The van der Waals surface area contributed by atoms with Crippen LogP contribution in [0.1, 0.15) is 0 Å². The van der Waals surface area contributed by atoms with Gasteiger partial charge in [-0.25, -0.2) is 4.79 Å². The van der Waals surface area contributed by atoms with E-state index in [4.69, 9.17) is 5.26 Å². The lowest BCUT2D eigenvalue weighted by Gasteiger charge is -1.92. The van der Waals surface area contributed by atoms with Gasteiger partial charge in [-0.2, -0.15) is 5.26 Å². The molecule has 3 heteroatoms. The molecule has 0 aliphatic carbocycles. The van der Waals surface area contributed by atoms with Gasteiger partial charge in [-0.3, -0.25) is 0 Å². The fourth-order valence-electron chi connectivity index (χ4n) is 0.585. The van der Waals surface area contributed by atoms with Crippen LogP contribution >= 0.6 is 0 Å². The van der Waals surface area contributed by atoms with Crippen molar-refractivity contribution in [3.63, 3.8) is 0 Å². The number of esters is 1. The molecule has 0 amide bonds. The zero-order valence-corrected chi connectivity index (χ0v) is 12.9. The van der Waals surface area contributed by atoms with Crippen LogP contribution in [0.15, 0.2) is 99.7 Å². The highest BCUT2D eigenvalue weighted by Gasteiger charge is 1.87. The van der Waals surface area contributed by atoms with Gasteiger partial charge in [-0.05, 0) is 0 Å². The lowest BCUT2D eigenvalue weighted by Crippen LogP contribution is -1.98. The monoisotopic (exact) mass is 297 g/mol. The molecule has 0 radical (unpaired) electrons. The molecule has 0 fully saturated rings. The van der Waals surface area contributed by atoms with Gasteiger partial charge in [0.25, 0.3) is 0 Å². The normalized spacial score (nSPS) is 6.50. The van der Waals surface area contributed by atoms with Crippen LogP contribution in [0.4, 0.5) is 0 Å². The Hall–Kier alpha value is -3.12. The number of hydrogen-bond donors (Lipinski definition) is 0. The molecule has 0 spiro atoms. The van der Waals surface area contributed by atoms with Crippen molar-refractivity contribution in [2.24, 2.45) is 0 Å². The van der Waals surface area contributed by atoms with E-state index >= 15 is 0 Å². The molecule has 0 saturated heterocycles. The molecule has 1 aromatic rings. The fourth-order valence-corrected chi connectivity index (χ4v) is 0.585. The molecule has 0 heterocycles. The SMILES string of the molecule is C=CC#N.C=CC=C.C=CCOC(=O)C=C.c1ccccc1. The Morgan fingerprint density at radius 2 is 1.32 bits per heavy atom. The third-order valence-corrected chi connectivity index (χ3v) is 1.43. The summed E-state index contributed by atoms with van der Waals surface area (Å²) in [4.78, 5) is 10.2. The second kappa shape index (κ2) is 26.4. The number of nitriles is 1. The smallest absolute Gasteiger partial charge is 0.330 e. The average Bonchev–Trinajstić information content (AvgIpc) is 2.62. The summed E-state index contributed by atoms with van der Waals surface area (Å²) in [6, 6.07) is 13.7. The number of hydrogen-bond acceptors (Lipinski definition) is 3. The minimum absolute atomic E-state index is 0.255. The van der Waals surface area contributed by atoms with Gasteiger partial charge < -0.3 is 4.74 Å². The number of nitrogens with zero attached hydrogens (tertiary/aromatic N) is 1.